The molecule has 0 amide bonds. The van der Waals surface area contributed by atoms with Gasteiger partial charge >= 0.3 is 0 Å². The van der Waals surface area contributed by atoms with Gasteiger partial charge in [0.1, 0.15) is 6.54 Å². The lowest BCUT2D eigenvalue weighted by Gasteiger charge is -2.17. The monoisotopic (exact) mass is 310 g/mol. The van der Waals surface area contributed by atoms with Gasteiger partial charge in [0, 0.05) is 11.3 Å². The maximum atomic E-state index is 11.9. The second kappa shape index (κ2) is 5.95. The van der Waals surface area contributed by atoms with E-state index < -0.39 is 0 Å². The van der Waals surface area contributed by atoms with E-state index in [0.717, 1.165) is 24.2 Å². The van der Waals surface area contributed by atoms with Crippen LogP contribution in [0.1, 0.15) is 49.7 Å². The van der Waals surface area contributed by atoms with Crippen LogP contribution in [0.4, 0.5) is 0 Å². The van der Waals surface area contributed by atoms with E-state index in [9.17, 15) is 4.79 Å². The molecule has 2 heterocycles. The molecule has 1 saturated carbocycles. The molecular formula is C17H18N4O2. The molecule has 1 aliphatic rings. The van der Waals surface area contributed by atoms with Crippen molar-refractivity contribution in [3.63, 3.8) is 0 Å². The lowest BCUT2D eigenvalue weighted by atomic mass is 9.89. The van der Waals surface area contributed by atoms with Gasteiger partial charge in [0.05, 0.1) is 11.7 Å². The zero-order valence-corrected chi connectivity index (χ0v) is 12.8. The van der Waals surface area contributed by atoms with Crippen LogP contribution in [-0.2, 0) is 6.54 Å². The van der Waals surface area contributed by atoms with Crippen LogP contribution in [-0.4, -0.2) is 19.9 Å². The first-order valence-electron chi connectivity index (χ1n) is 8.08. The molecule has 0 aliphatic heterocycles. The Balaban J connectivity index is 1.62. The zero-order chi connectivity index (χ0) is 15.6. The fourth-order valence-corrected chi connectivity index (χ4v) is 3.27. The van der Waals surface area contributed by atoms with Crippen molar-refractivity contribution < 1.29 is 4.52 Å². The van der Waals surface area contributed by atoms with Crippen LogP contribution in [0.15, 0.2) is 39.8 Å². The number of hydrogen-bond acceptors (Lipinski definition) is 5. The largest absolute Gasteiger partial charge is 0.337 e. The highest BCUT2D eigenvalue weighted by molar-refractivity contribution is 5.77. The molecule has 0 radical (unpaired) electrons. The highest BCUT2D eigenvalue weighted by atomic mass is 16.5. The van der Waals surface area contributed by atoms with Gasteiger partial charge in [0.25, 0.3) is 0 Å². The summed E-state index contributed by atoms with van der Waals surface area (Å²) < 4.78 is 7.13. The van der Waals surface area contributed by atoms with E-state index in [-0.39, 0.29) is 5.43 Å². The van der Waals surface area contributed by atoms with E-state index in [1.165, 1.54) is 25.5 Å². The first kappa shape index (κ1) is 14.1. The van der Waals surface area contributed by atoms with Crippen LogP contribution in [0.25, 0.3) is 10.9 Å². The van der Waals surface area contributed by atoms with Crippen molar-refractivity contribution in [2.75, 3.05) is 0 Å². The molecule has 23 heavy (non-hydrogen) atoms. The van der Waals surface area contributed by atoms with Crippen LogP contribution in [0.2, 0.25) is 0 Å². The third kappa shape index (κ3) is 2.76. The Kier molecular flexibility index (Phi) is 3.65. The van der Waals surface area contributed by atoms with Gasteiger partial charge in [-0.1, -0.05) is 36.6 Å². The van der Waals surface area contributed by atoms with Crippen LogP contribution >= 0.6 is 0 Å². The molecule has 1 aliphatic carbocycles. The number of rotatable bonds is 3. The summed E-state index contributed by atoms with van der Waals surface area (Å²) in [5.41, 5.74) is 0.697. The minimum Gasteiger partial charge on any atom is -0.337 e. The van der Waals surface area contributed by atoms with Gasteiger partial charge in [-0.15, -0.1) is 0 Å². The van der Waals surface area contributed by atoms with E-state index in [2.05, 4.69) is 15.2 Å². The summed E-state index contributed by atoms with van der Waals surface area (Å²) in [6, 6.07) is 7.42. The van der Waals surface area contributed by atoms with E-state index >= 15 is 0 Å². The number of benzene rings is 1. The molecule has 6 heteroatoms. The van der Waals surface area contributed by atoms with E-state index in [1.807, 2.05) is 18.2 Å². The Morgan fingerprint density at radius 1 is 1.17 bits per heavy atom. The Labute approximate surface area is 133 Å². The Hall–Kier alpha value is -2.50. The molecule has 4 rings (SSSR count). The van der Waals surface area contributed by atoms with Crippen molar-refractivity contribution in [1.82, 2.24) is 19.9 Å². The van der Waals surface area contributed by atoms with Crippen LogP contribution in [0, 0.1) is 0 Å². The van der Waals surface area contributed by atoms with Crippen LogP contribution < -0.4 is 5.43 Å². The molecule has 118 valence electrons. The fraction of sp³-hybridized carbons (Fsp3) is 0.412. The van der Waals surface area contributed by atoms with Gasteiger partial charge in [-0.25, -0.2) is 0 Å². The molecule has 0 bridgehead atoms. The highest BCUT2D eigenvalue weighted by Crippen LogP contribution is 2.30. The summed E-state index contributed by atoms with van der Waals surface area (Å²) in [4.78, 5) is 16.4. The van der Waals surface area contributed by atoms with E-state index in [1.54, 1.807) is 10.7 Å². The van der Waals surface area contributed by atoms with Gasteiger partial charge < -0.3 is 4.52 Å². The standard InChI is InChI=1S/C17H18N4O2/c22-15-10-18-21(14-9-5-4-8-13(14)15)11-16-19-17(20-23-16)12-6-2-1-3-7-12/h4-5,8-10,12H,1-3,6-7,11H2. The number of aromatic nitrogens is 4. The molecule has 1 aromatic carbocycles. The second-order valence-electron chi connectivity index (χ2n) is 6.06. The highest BCUT2D eigenvalue weighted by Gasteiger charge is 2.21. The lowest BCUT2D eigenvalue weighted by Crippen LogP contribution is -2.13. The van der Waals surface area contributed by atoms with Crippen molar-refractivity contribution in [1.29, 1.82) is 0 Å². The minimum absolute atomic E-state index is 0.0785. The first-order chi connectivity index (χ1) is 11.3. The number of nitrogens with zero attached hydrogens (tertiary/aromatic N) is 4. The molecule has 0 N–H and O–H groups in total. The maximum absolute atomic E-state index is 11.9. The van der Waals surface area contributed by atoms with E-state index in [0.29, 0.717) is 23.7 Å². The molecule has 0 unspecified atom stereocenters. The van der Waals surface area contributed by atoms with Crippen molar-refractivity contribution in [3.05, 3.63) is 52.4 Å². The van der Waals surface area contributed by atoms with Crippen LogP contribution in [0.3, 0.4) is 0 Å². The predicted octanol–water partition coefficient (Wildman–Crippen LogP) is 2.88. The summed E-state index contributed by atoms with van der Waals surface area (Å²) >= 11 is 0. The van der Waals surface area contributed by atoms with Crippen molar-refractivity contribution in [3.8, 4) is 0 Å². The van der Waals surface area contributed by atoms with Gasteiger partial charge in [-0.3, -0.25) is 9.48 Å². The topological polar surface area (TPSA) is 73.8 Å². The van der Waals surface area contributed by atoms with Gasteiger partial charge in [0.15, 0.2) is 5.82 Å². The number of hydrogen-bond donors (Lipinski definition) is 0. The van der Waals surface area contributed by atoms with Gasteiger partial charge in [0.2, 0.25) is 11.3 Å². The lowest BCUT2D eigenvalue weighted by molar-refractivity contribution is 0.350. The molecular weight excluding hydrogens is 292 g/mol. The summed E-state index contributed by atoms with van der Waals surface area (Å²) in [5.74, 6) is 1.76. The quantitative estimate of drug-likeness (QED) is 0.743. The van der Waals surface area contributed by atoms with Gasteiger partial charge in [-0.2, -0.15) is 10.1 Å². The van der Waals surface area contributed by atoms with E-state index in [4.69, 9.17) is 4.52 Å². The average Bonchev–Trinajstić information content (AvgIpc) is 3.07. The average molecular weight is 310 g/mol. The molecule has 6 nitrogen and oxygen atoms in total. The Morgan fingerprint density at radius 2 is 2.00 bits per heavy atom. The third-order valence-corrected chi connectivity index (χ3v) is 4.50. The number of fused-ring (bicyclic) bond motifs is 1. The second-order valence-corrected chi connectivity index (χ2v) is 6.06. The smallest absolute Gasteiger partial charge is 0.248 e. The third-order valence-electron chi connectivity index (χ3n) is 4.50. The normalized spacial score (nSPS) is 16.0. The summed E-state index contributed by atoms with van der Waals surface area (Å²) in [7, 11) is 0. The predicted molar refractivity (Wildman–Crippen MR) is 85.2 cm³/mol. The molecule has 3 aromatic rings. The van der Waals surface area contributed by atoms with Gasteiger partial charge in [-0.05, 0) is 25.0 Å². The maximum Gasteiger partial charge on any atom is 0.248 e. The number of para-hydroxylation sites is 1. The Morgan fingerprint density at radius 3 is 2.87 bits per heavy atom. The molecule has 0 atom stereocenters. The SMILES string of the molecule is O=c1cnn(Cc2nc(C3CCCCC3)no2)c2ccccc12. The summed E-state index contributed by atoms with van der Waals surface area (Å²) in [5, 5.41) is 8.99. The molecule has 0 saturated heterocycles. The minimum atomic E-state index is -0.0785. The zero-order valence-electron chi connectivity index (χ0n) is 12.8. The van der Waals surface area contributed by atoms with Crippen molar-refractivity contribution in [2.24, 2.45) is 0 Å². The summed E-state index contributed by atoms with van der Waals surface area (Å²) in [6.07, 6.45) is 7.38. The molecule has 2 aromatic heterocycles. The summed E-state index contributed by atoms with van der Waals surface area (Å²) in [6.45, 7) is 0.376. The van der Waals surface area contributed by atoms with Crippen LogP contribution in [0.5, 0.6) is 0 Å². The Bertz CT molecular complexity index is 877. The molecule has 0 spiro atoms. The van der Waals surface area contributed by atoms with Crippen molar-refractivity contribution in [2.45, 2.75) is 44.6 Å². The first-order valence-corrected chi connectivity index (χ1v) is 8.08. The van der Waals surface area contributed by atoms with Crippen molar-refractivity contribution >= 4 is 10.9 Å². The fourth-order valence-electron chi connectivity index (χ4n) is 3.27. The molecule has 1 fully saturated rings.